The van der Waals surface area contributed by atoms with Crippen LogP contribution in [0.15, 0.2) is 76.1 Å². The number of hydrogen-bond donors (Lipinski definition) is 0. The highest BCUT2D eigenvalue weighted by Crippen LogP contribution is 2.32. The molecule has 2 heterocycles. The summed E-state index contributed by atoms with van der Waals surface area (Å²) in [5.41, 5.74) is 2.00. The van der Waals surface area contributed by atoms with Crippen LogP contribution in [0.1, 0.15) is 5.56 Å². The molecule has 138 valence electrons. The fraction of sp³-hybridized carbons (Fsp3) is 0.0476. The van der Waals surface area contributed by atoms with Crippen molar-refractivity contribution in [2.24, 2.45) is 0 Å². The maximum atomic E-state index is 12.0. The lowest BCUT2D eigenvalue weighted by atomic mass is 10.0. The van der Waals surface area contributed by atoms with Gasteiger partial charge < -0.3 is 9.15 Å². The summed E-state index contributed by atoms with van der Waals surface area (Å²) in [7, 11) is 0. The van der Waals surface area contributed by atoms with Crippen LogP contribution in [-0.4, -0.2) is 9.91 Å². The molecular weight excluding hydrogens is 360 g/mol. The average molecular weight is 374 g/mol. The van der Waals surface area contributed by atoms with Gasteiger partial charge in [0.15, 0.2) is 0 Å². The molecule has 4 rings (SSSR count). The molecule has 7 nitrogen and oxygen atoms in total. The van der Waals surface area contributed by atoms with Crippen LogP contribution in [0.4, 0.5) is 5.69 Å². The van der Waals surface area contributed by atoms with Crippen LogP contribution in [0.3, 0.4) is 0 Å². The first-order valence-electron chi connectivity index (χ1n) is 8.43. The standard InChI is InChI=1S/C21H14N2O5/c1-13-9-15(23(25)26)12-22-21(13)27-16-7-8-17-18(14-5-3-2-4-6-14)11-20(24)28-19(17)10-16/h2-12H,1H3. The Labute approximate surface area is 159 Å². The molecule has 0 N–H and O–H groups in total. The van der Waals surface area contributed by atoms with Gasteiger partial charge in [-0.05, 0) is 30.2 Å². The van der Waals surface area contributed by atoms with E-state index in [4.69, 9.17) is 9.15 Å². The SMILES string of the molecule is Cc1cc([N+](=O)[O-])cnc1Oc1ccc2c(-c3ccccc3)cc(=O)oc2c1. The number of aryl methyl sites for hydroxylation is 1. The average Bonchev–Trinajstić information content (AvgIpc) is 2.69. The number of fused-ring (bicyclic) bond motifs is 1. The molecule has 0 amide bonds. The molecule has 28 heavy (non-hydrogen) atoms. The first kappa shape index (κ1) is 17.4. The van der Waals surface area contributed by atoms with Crippen molar-refractivity contribution >= 4 is 16.7 Å². The summed E-state index contributed by atoms with van der Waals surface area (Å²) < 4.78 is 11.1. The van der Waals surface area contributed by atoms with Crippen molar-refractivity contribution in [3.8, 4) is 22.8 Å². The lowest BCUT2D eigenvalue weighted by molar-refractivity contribution is -0.385. The van der Waals surface area contributed by atoms with E-state index in [0.29, 0.717) is 16.9 Å². The molecule has 0 aliphatic rings. The lowest BCUT2D eigenvalue weighted by Gasteiger charge is -2.09. The van der Waals surface area contributed by atoms with Gasteiger partial charge in [0.25, 0.3) is 5.69 Å². The number of hydrogen-bond acceptors (Lipinski definition) is 6. The molecule has 0 radical (unpaired) electrons. The van der Waals surface area contributed by atoms with Gasteiger partial charge in [-0.3, -0.25) is 10.1 Å². The lowest BCUT2D eigenvalue weighted by Crippen LogP contribution is -1.99. The van der Waals surface area contributed by atoms with E-state index < -0.39 is 10.5 Å². The molecule has 2 aromatic heterocycles. The fourth-order valence-electron chi connectivity index (χ4n) is 2.93. The van der Waals surface area contributed by atoms with Crippen molar-refractivity contribution in [3.63, 3.8) is 0 Å². The Morgan fingerprint density at radius 3 is 2.57 bits per heavy atom. The highest BCUT2D eigenvalue weighted by molar-refractivity contribution is 5.93. The van der Waals surface area contributed by atoms with E-state index >= 15 is 0 Å². The van der Waals surface area contributed by atoms with Crippen LogP contribution in [-0.2, 0) is 0 Å². The second-order valence-corrected chi connectivity index (χ2v) is 6.18. The van der Waals surface area contributed by atoms with Crippen LogP contribution in [0, 0.1) is 17.0 Å². The van der Waals surface area contributed by atoms with Gasteiger partial charge in [0.05, 0.1) is 4.92 Å². The Hall–Kier alpha value is -4.00. The van der Waals surface area contributed by atoms with Crippen LogP contribution >= 0.6 is 0 Å². The van der Waals surface area contributed by atoms with Gasteiger partial charge in [-0.2, -0.15) is 0 Å². The van der Waals surface area contributed by atoms with Crippen molar-refractivity contribution in [2.45, 2.75) is 6.92 Å². The highest BCUT2D eigenvalue weighted by atomic mass is 16.6. The van der Waals surface area contributed by atoms with Crippen molar-refractivity contribution in [1.29, 1.82) is 0 Å². The largest absolute Gasteiger partial charge is 0.439 e. The van der Waals surface area contributed by atoms with Crippen LogP contribution in [0.2, 0.25) is 0 Å². The van der Waals surface area contributed by atoms with Crippen LogP contribution in [0.5, 0.6) is 11.6 Å². The first-order valence-corrected chi connectivity index (χ1v) is 8.43. The van der Waals surface area contributed by atoms with Gasteiger partial charge in [0.1, 0.15) is 17.5 Å². The van der Waals surface area contributed by atoms with Crippen molar-refractivity contribution < 1.29 is 14.1 Å². The molecule has 0 fully saturated rings. The van der Waals surface area contributed by atoms with Gasteiger partial charge in [0.2, 0.25) is 5.88 Å². The third-order valence-electron chi connectivity index (χ3n) is 4.24. The molecule has 0 aliphatic heterocycles. The molecule has 0 aliphatic carbocycles. The fourth-order valence-corrected chi connectivity index (χ4v) is 2.93. The third kappa shape index (κ3) is 3.33. The normalized spacial score (nSPS) is 10.8. The van der Waals surface area contributed by atoms with Crippen LogP contribution in [0.25, 0.3) is 22.1 Å². The zero-order valence-electron chi connectivity index (χ0n) is 14.8. The van der Waals surface area contributed by atoms with E-state index in [2.05, 4.69) is 4.98 Å². The minimum absolute atomic E-state index is 0.109. The van der Waals surface area contributed by atoms with Gasteiger partial charge in [-0.1, -0.05) is 30.3 Å². The Morgan fingerprint density at radius 2 is 1.86 bits per heavy atom. The molecule has 7 heteroatoms. The molecular formula is C21H14N2O5. The van der Waals surface area contributed by atoms with Gasteiger partial charge in [-0.15, -0.1) is 0 Å². The predicted molar refractivity (Wildman–Crippen MR) is 104 cm³/mol. The van der Waals surface area contributed by atoms with Crippen molar-refractivity contribution in [2.75, 3.05) is 0 Å². The molecule has 0 unspecified atom stereocenters. The zero-order chi connectivity index (χ0) is 19.7. The molecule has 4 aromatic rings. The van der Waals surface area contributed by atoms with Crippen molar-refractivity contribution in [3.05, 3.63) is 93.0 Å². The summed E-state index contributed by atoms with van der Waals surface area (Å²) in [4.78, 5) is 26.3. The molecule has 0 saturated carbocycles. The monoisotopic (exact) mass is 374 g/mol. The molecule has 0 bridgehead atoms. The van der Waals surface area contributed by atoms with E-state index in [9.17, 15) is 14.9 Å². The quantitative estimate of drug-likeness (QED) is 0.287. The number of aromatic nitrogens is 1. The summed E-state index contributed by atoms with van der Waals surface area (Å²) in [6, 6.07) is 17.5. The van der Waals surface area contributed by atoms with Crippen molar-refractivity contribution in [1.82, 2.24) is 4.98 Å². The Bertz CT molecular complexity index is 1250. The van der Waals surface area contributed by atoms with E-state index in [1.54, 1.807) is 25.1 Å². The van der Waals surface area contributed by atoms with E-state index in [1.807, 2.05) is 30.3 Å². The van der Waals surface area contributed by atoms with Gasteiger partial charge >= 0.3 is 5.63 Å². The zero-order valence-corrected chi connectivity index (χ0v) is 14.8. The third-order valence-corrected chi connectivity index (χ3v) is 4.24. The molecule has 0 atom stereocenters. The highest BCUT2D eigenvalue weighted by Gasteiger charge is 2.13. The predicted octanol–water partition coefficient (Wildman–Crippen LogP) is 4.86. The summed E-state index contributed by atoms with van der Waals surface area (Å²) >= 11 is 0. The number of benzene rings is 2. The molecule has 0 saturated heterocycles. The Morgan fingerprint density at radius 1 is 1.07 bits per heavy atom. The molecule has 0 spiro atoms. The number of ether oxygens (including phenoxy) is 1. The van der Waals surface area contributed by atoms with E-state index in [-0.39, 0.29) is 11.6 Å². The number of pyridine rings is 1. The number of nitrogens with zero attached hydrogens (tertiary/aromatic N) is 2. The number of rotatable bonds is 4. The minimum atomic E-state index is -0.514. The van der Waals surface area contributed by atoms with Crippen LogP contribution < -0.4 is 10.4 Å². The Kier molecular flexibility index (Phi) is 4.33. The first-order chi connectivity index (χ1) is 13.5. The second-order valence-electron chi connectivity index (χ2n) is 6.18. The molecule has 2 aromatic carbocycles. The van der Waals surface area contributed by atoms with E-state index in [1.165, 1.54) is 12.1 Å². The number of nitro groups is 1. The summed E-state index contributed by atoms with van der Waals surface area (Å²) in [6.45, 7) is 1.67. The second kappa shape index (κ2) is 6.96. The summed E-state index contributed by atoms with van der Waals surface area (Å²) in [6.07, 6.45) is 1.14. The topological polar surface area (TPSA) is 95.5 Å². The minimum Gasteiger partial charge on any atom is -0.439 e. The maximum absolute atomic E-state index is 12.0. The van der Waals surface area contributed by atoms with E-state index in [0.717, 1.165) is 22.7 Å². The smallest absolute Gasteiger partial charge is 0.336 e. The summed E-state index contributed by atoms with van der Waals surface area (Å²) in [5.74, 6) is 0.650. The van der Waals surface area contributed by atoms with Gasteiger partial charge in [-0.25, -0.2) is 9.78 Å². The summed E-state index contributed by atoms with van der Waals surface area (Å²) in [5, 5.41) is 11.6. The van der Waals surface area contributed by atoms with Gasteiger partial charge in [0, 0.05) is 29.1 Å². The Balaban J connectivity index is 1.75. The maximum Gasteiger partial charge on any atom is 0.336 e.